The molecule has 3 N–H and O–H groups in total. The number of aliphatic hydroxyl groups is 1. The van der Waals surface area contributed by atoms with Crippen LogP contribution in [0.15, 0.2) is 48.5 Å². The fourth-order valence-corrected chi connectivity index (χ4v) is 2.90. The van der Waals surface area contributed by atoms with Crippen molar-refractivity contribution >= 4 is 6.03 Å². The summed E-state index contributed by atoms with van der Waals surface area (Å²) >= 11 is 0. The molecule has 0 fully saturated rings. The Morgan fingerprint density at radius 3 is 2.83 bits per heavy atom. The average Bonchev–Trinajstić information content (AvgIpc) is 2.97. The number of amides is 2. The number of ether oxygens (including phenoxy) is 1. The van der Waals surface area contributed by atoms with E-state index in [4.69, 9.17) is 4.74 Å². The summed E-state index contributed by atoms with van der Waals surface area (Å²) in [6.07, 6.45) is 0.585. The van der Waals surface area contributed by atoms with Gasteiger partial charge in [-0.1, -0.05) is 48.0 Å². The molecule has 0 aliphatic carbocycles. The predicted molar refractivity (Wildman–Crippen MR) is 92.1 cm³/mol. The minimum Gasteiger partial charge on any atom is -0.491 e. The van der Waals surface area contributed by atoms with Crippen LogP contribution in [-0.2, 0) is 6.42 Å². The van der Waals surface area contributed by atoms with E-state index in [0.717, 1.165) is 22.4 Å². The summed E-state index contributed by atoms with van der Waals surface area (Å²) < 4.78 is 5.60. The van der Waals surface area contributed by atoms with Crippen molar-refractivity contribution in [1.29, 1.82) is 0 Å². The number of aliphatic hydroxyl groups excluding tert-OH is 1. The van der Waals surface area contributed by atoms with Crippen molar-refractivity contribution in [2.75, 3.05) is 13.2 Å². The van der Waals surface area contributed by atoms with E-state index >= 15 is 0 Å². The summed E-state index contributed by atoms with van der Waals surface area (Å²) in [6, 6.07) is 14.9. The number of benzene rings is 2. The number of fused-ring (bicyclic) bond motifs is 1. The quantitative estimate of drug-likeness (QED) is 0.790. The van der Waals surface area contributed by atoms with Gasteiger partial charge in [0.2, 0.25) is 0 Å². The fraction of sp³-hybridized carbons (Fsp3) is 0.316. The van der Waals surface area contributed by atoms with E-state index in [1.807, 2.05) is 55.5 Å². The van der Waals surface area contributed by atoms with Crippen LogP contribution in [0.1, 0.15) is 22.7 Å². The molecule has 126 valence electrons. The van der Waals surface area contributed by atoms with Crippen LogP contribution in [0.2, 0.25) is 0 Å². The van der Waals surface area contributed by atoms with Crippen LogP contribution in [0.3, 0.4) is 0 Å². The van der Waals surface area contributed by atoms with Gasteiger partial charge < -0.3 is 20.5 Å². The minimum atomic E-state index is -0.327. The Kier molecular flexibility index (Phi) is 5.01. The van der Waals surface area contributed by atoms with Gasteiger partial charge in [0.25, 0.3) is 0 Å². The monoisotopic (exact) mass is 326 g/mol. The van der Waals surface area contributed by atoms with Crippen LogP contribution in [-0.4, -0.2) is 30.4 Å². The number of carbonyl (C=O) groups excluding carboxylic acids is 1. The smallest absolute Gasteiger partial charge is 0.315 e. The second-order valence-corrected chi connectivity index (χ2v) is 6.09. The molecule has 2 aromatic rings. The lowest BCUT2D eigenvalue weighted by Gasteiger charge is -2.19. The maximum atomic E-state index is 12.3. The highest BCUT2D eigenvalue weighted by Crippen LogP contribution is 2.32. The van der Waals surface area contributed by atoms with Gasteiger partial charge in [-0.05, 0) is 25.0 Å². The molecule has 0 saturated carbocycles. The van der Waals surface area contributed by atoms with E-state index in [1.54, 1.807) is 0 Å². The van der Waals surface area contributed by atoms with Gasteiger partial charge in [0.15, 0.2) is 0 Å². The maximum Gasteiger partial charge on any atom is 0.315 e. The van der Waals surface area contributed by atoms with Gasteiger partial charge >= 0.3 is 6.03 Å². The molecule has 2 aromatic carbocycles. The average molecular weight is 326 g/mol. The molecule has 0 saturated heterocycles. The van der Waals surface area contributed by atoms with Gasteiger partial charge in [-0.25, -0.2) is 4.79 Å². The Bertz CT molecular complexity index is 703. The molecule has 1 aliphatic rings. The second kappa shape index (κ2) is 7.36. The van der Waals surface area contributed by atoms with Crippen LogP contribution in [0, 0.1) is 6.92 Å². The predicted octanol–water partition coefficient (Wildman–Crippen LogP) is 2.33. The lowest BCUT2D eigenvalue weighted by Crippen LogP contribution is -2.46. The number of rotatable bonds is 5. The van der Waals surface area contributed by atoms with Gasteiger partial charge in [0, 0.05) is 5.56 Å². The lowest BCUT2D eigenvalue weighted by molar-refractivity contribution is 0.210. The summed E-state index contributed by atoms with van der Waals surface area (Å²) in [5, 5.41) is 15.3. The lowest BCUT2D eigenvalue weighted by atomic mass is 10.1. The summed E-state index contributed by atoms with van der Waals surface area (Å²) in [5.41, 5.74) is 3.19. The Balaban J connectivity index is 1.59. The molecule has 1 heterocycles. The zero-order valence-corrected chi connectivity index (χ0v) is 13.7. The molecule has 5 heteroatoms. The molecule has 0 aromatic heterocycles. The van der Waals surface area contributed by atoms with Crippen molar-refractivity contribution in [2.45, 2.75) is 25.4 Å². The van der Waals surface area contributed by atoms with Gasteiger partial charge in [0.05, 0.1) is 18.7 Å². The standard InChI is InChI=1S/C19H22N2O3/c1-13-7-8-18-16(9-13)17(12-24-18)21-19(23)20-15(11-22)10-14-5-3-2-4-6-14/h2-9,15,17,22H,10-12H2,1H3,(H2,20,21,23)/t15-,17-/m0/s1. The molecule has 0 radical (unpaired) electrons. The van der Waals surface area contributed by atoms with Gasteiger partial charge in [-0.15, -0.1) is 0 Å². The maximum absolute atomic E-state index is 12.3. The number of hydrogen-bond acceptors (Lipinski definition) is 3. The summed E-state index contributed by atoms with van der Waals surface area (Å²) in [6.45, 7) is 2.32. The number of carbonyl (C=O) groups is 1. The highest BCUT2D eigenvalue weighted by Gasteiger charge is 2.26. The van der Waals surface area contributed by atoms with E-state index in [0.29, 0.717) is 13.0 Å². The Hall–Kier alpha value is -2.53. The highest BCUT2D eigenvalue weighted by atomic mass is 16.5. The SMILES string of the molecule is Cc1ccc2c(c1)[C@@H](NC(=O)N[C@H](CO)Cc1ccccc1)CO2. The first-order valence-corrected chi connectivity index (χ1v) is 8.11. The molecule has 0 bridgehead atoms. The molecule has 0 spiro atoms. The number of aryl methyl sites for hydroxylation is 1. The molecule has 0 unspecified atom stereocenters. The third-order valence-electron chi connectivity index (χ3n) is 4.13. The molecular formula is C19H22N2O3. The number of urea groups is 1. The van der Waals surface area contributed by atoms with Crippen LogP contribution < -0.4 is 15.4 Å². The van der Waals surface area contributed by atoms with Crippen molar-refractivity contribution < 1.29 is 14.6 Å². The normalized spacial score (nSPS) is 16.8. The van der Waals surface area contributed by atoms with Crippen molar-refractivity contribution in [3.8, 4) is 5.75 Å². The van der Waals surface area contributed by atoms with E-state index in [9.17, 15) is 9.90 Å². The van der Waals surface area contributed by atoms with Gasteiger partial charge in [0.1, 0.15) is 12.4 Å². The zero-order valence-electron chi connectivity index (χ0n) is 13.7. The molecule has 1 aliphatic heterocycles. The minimum absolute atomic E-state index is 0.112. The van der Waals surface area contributed by atoms with Crippen LogP contribution in [0.5, 0.6) is 5.75 Å². The van der Waals surface area contributed by atoms with Crippen LogP contribution >= 0.6 is 0 Å². The first kappa shape index (κ1) is 16.3. The largest absolute Gasteiger partial charge is 0.491 e. The molecule has 5 nitrogen and oxygen atoms in total. The molecular weight excluding hydrogens is 304 g/mol. The summed E-state index contributed by atoms with van der Waals surface area (Å²) in [5.74, 6) is 0.814. The Morgan fingerprint density at radius 2 is 2.08 bits per heavy atom. The van der Waals surface area contributed by atoms with Crippen molar-refractivity contribution in [3.63, 3.8) is 0 Å². The molecule has 3 rings (SSSR count). The third-order valence-corrected chi connectivity index (χ3v) is 4.13. The Labute approximate surface area is 141 Å². The van der Waals surface area contributed by atoms with Gasteiger partial charge in [-0.2, -0.15) is 0 Å². The van der Waals surface area contributed by atoms with Crippen LogP contribution in [0.4, 0.5) is 4.79 Å². The first-order valence-electron chi connectivity index (χ1n) is 8.11. The van der Waals surface area contributed by atoms with E-state index < -0.39 is 0 Å². The van der Waals surface area contributed by atoms with Gasteiger partial charge in [-0.3, -0.25) is 0 Å². The van der Waals surface area contributed by atoms with Crippen molar-refractivity contribution in [3.05, 3.63) is 65.2 Å². The highest BCUT2D eigenvalue weighted by molar-refractivity contribution is 5.75. The van der Waals surface area contributed by atoms with E-state index in [-0.39, 0.29) is 24.7 Å². The fourth-order valence-electron chi connectivity index (χ4n) is 2.90. The Morgan fingerprint density at radius 1 is 1.29 bits per heavy atom. The van der Waals surface area contributed by atoms with E-state index in [2.05, 4.69) is 10.6 Å². The molecule has 2 atom stereocenters. The van der Waals surface area contributed by atoms with Crippen molar-refractivity contribution in [2.24, 2.45) is 0 Å². The second-order valence-electron chi connectivity index (χ2n) is 6.09. The summed E-state index contributed by atoms with van der Waals surface area (Å²) in [4.78, 5) is 12.3. The third kappa shape index (κ3) is 3.86. The molecule has 24 heavy (non-hydrogen) atoms. The van der Waals surface area contributed by atoms with E-state index in [1.165, 1.54) is 0 Å². The molecule has 2 amide bonds. The number of nitrogens with one attached hydrogen (secondary N) is 2. The van der Waals surface area contributed by atoms with Crippen LogP contribution in [0.25, 0.3) is 0 Å². The summed E-state index contributed by atoms with van der Waals surface area (Å²) in [7, 11) is 0. The van der Waals surface area contributed by atoms with Crippen molar-refractivity contribution in [1.82, 2.24) is 10.6 Å². The topological polar surface area (TPSA) is 70.6 Å². The zero-order chi connectivity index (χ0) is 16.9. The number of hydrogen-bond donors (Lipinski definition) is 3. The first-order chi connectivity index (χ1) is 11.7.